The number of hydrogen-bond donors (Lipinski definition) is 1. The van der Waals surface area contributed by atoms with Crippen molar-refractivity contribution in [2.45, 2.75) is 52.1 Å². The third-order valence-electron chi connectivity index (χ3n) is 4.55. The topological polar surface area (TPSA) is 64.5 Å². The van der Waals surface area contributed by atoms with Crippen LogP contribution < -0.4 is 10.1 Å². The van der Waals surface area contributed by atoms with Gasteiger partial charge in [-0.3, -0.25) is 0 Å². The number of nitrogens with zero attached hydrogens (tertiary/aromatic N) is 3. The zero-order valence-corrected chi connectivity index (χ0v) is 17.0. The minimum Gasteiger partial charge on any atom is -0.502 e. The predicted molar refractivity (Wildman–Crippen MR) is 117 cm³/mol. The normalized spacial score (nSPS) is 23.1. The SMILES string of the molecule is [2H]C([2H])(CC)N[C@@]1([2H])CC([2H])([2H])c2c(-c3noc(-c4ccc(OC([2H])(C)C)c([N+]#[C-])c4)n3)cccc21. The van der Waals surface area contributed by atoms with Crippen LogP contribution in [0.3, 0.4) is 0 Å². The third-order valence-corrected chi connectivity index (χ3v) is 4.55. The number of benzene rings is 2. The van der Waals surface area contributed by atoms with Crippen molar-refractivity contribution >= 4 is 5.69 Å². The molecule has 0 aliphatic heterocycles. The van der Waals surface area contributed by atoms with Gasteiger partial charge in [0.05, 0.1) is 15.4 Å². The summed E-state index contributed by atoms with van der Waals surface area (Å²) in [6.45, 7) is 10.4. The van der Waals surface area contributed by atoms with E-state index in [-0.39, 0.29) is 41.6 Å². The molecule has 30 heavy (non-hydrogen) atoms. The van der Waals surface area contributed by atoms with Crippen molar-refractivity contribution < 1.29 is 17.5 Å². The highest BCUT2D eigenvalue weighted by Crippen LogP contribution is 2.38. The lowest BCUT2D eigenvalue weighted by Gasteiger charge is -2.13. The van der Waals surface area contributed by atoms with Crippen molar-refractivity contribution in [1.29, 1.82) is 0 Å². The first-order chi connectivity index (χ1) is 16.7. The smallest absolute Gasteiger partial charge is 0.256 e. The molecule has 1 heterocycles. The van der Waals surface area contributed by atoms with Crippen LogP contribution >= 0.6 is 0 Å². The van der Waals surface area contributed by atoms with E-state index in [4.69, 9.17) is 24.1 Å². The summed E-state index contributed by atoms with van der Waals surface area (Å²) < 4.78 is 61.2. The molecule has 0 saturated heterocycles. The Morgan fingerprint density at radius 2 is 2.33 bits per heavy atom. The zero-order chi connectivity index (χ0) is 26.5. The van der Waals surface area contributed by atoms with Gasteiger partial charge in [0.15, 0.2) is 0 Å². The molecule has 0 amide bonds. The summed E-state index contributed by atoms with van der Waals surface area (Å²) in [6.07, 6.45) is -3.32. The van der Waals surface area contributed by atoms with Gasteiger partial charge in [0.1, 0.15) is 5.75 Å². The lowest BCUT2D eigenvalue weighted by molar-refractivity contribution is 0.244. The van der Waals surface area contributed by atoms with Gasteiger partial charge in [0.25, 0.3) is 5.89 Å². The van der Waals surface area contributed by atoms with Crippen LogP contribution in [-0.2, 0) is 6.37 Å². The van der Waals surface area contributed by atoms with Crippen molar-refractivity contribution in [3.05, 3.63) is 58.9 Å². The van der Waals surface area contributed by atoms with E-state index in [1.165, 1.54) is 6.07 Å². The Balaban J connectivity index is 1.74. The van der Waals surface area contributed by atoms with E-state index in [0.717, 1.165) is 0 Å². The summed E-state index contributed by atoms with van der Waals surface area (Å²) in [5.74, 6) is 0.486. The van der Waals surface area contributed by atoms with E-state index in [2.05, 4.69) is 20.3 Å². The lowest BCUT2D eigenvalue weighted by Crippen LogP contribution is -2.19. The molecule has 3 aromatic rings. The number of fused-ring (bicyclic) bond motifs is 1. The molecule has 1 aromatic heterocycles. The van der Waals surface area contributed by atoms with Crippen molar-refractivity contribution in [3.8, 4) is 28.6 Å². The number of ether oxygens (including phenoxy) is 1. The molecule has 1 atom stereocenters. The number of nitrogens with one attached hydrogen (secondary N) is 1. The summed E-state index contributed by atoms with van der Waals surface area (Å²) in [4.78, 5) is 7.90. The first-order valence-electron chi connectivity index (χ1n) is 12.7. The standard InChI is InChI=1S/C24H26N4O2/c1-5-13-26-20-11-10-17-18(20)7-6-8-19(17)23-27-24(30-28-23)16-9-12-22(29-15(2)3)21(14-16)25-4/h6-9,12,14-15,20,26H,5,10-11,13H2,1-3H3/t20-/m0/s1/i10D2,13D2,15D,20D. The summed E-state index contributed by atoms with van der Waals surface area (Å²) >= 11 is 0. The van der Waals surface area contributed by atoms with Crippen molar-refractivity contribution in [2.75, 3.05) is 6.50 Å². The van der Waals surface area contributed by atoms with Gasteiger partial charge in [-0.05, 0) is 68.9 Å². The minimum atomic E-state index is -1.94. The Hall–Kier alpha value is -3.17. The van der Waals surface area contributed by atoms with E-state index in [9.17, 15) is 0 Å². The van der Waals surface area contributed by atoms with Gasteiger partial charge >= 0.3 is 0 Å². The predicted octanol–water partition coefficient (Wildman–Crippen LogP) is 5.73. The summed E-state index contributed by atoms with van der Waals surface area (Å²) in [6, 6.07) is 7.95. The summed E-state index contributed by atoms with van der Waals surface area (Å²) in [7, 11) is 0. The quantitative estimate of drug-likeness (QED) is 0.506. The highest BCUT2D eigenvalue weighted by atomic mass is 16.5. The monoisotopic (exact) mass is 408 g/mol. The first-order valence-corrected chi connectivity index (χ1v) is 9.66. The molecule has 0 spiro atoms. The molecule has 0 bridgehead atoms. The molecule has 0 saturated carbocycles. The number of rotatable bonds is 7. The fourth-order valence-corrected chi connectivity index (χ4v) is 3.25. The van der Waals surface area contributed by atoms with Crippen LogP contribution in [-0.4, -0.2) is 22.7 Å². The van der Waals surface area contributed by atoms with Crippen LogP contribution in [0, 0.1) is 6.57 Å². The Bertz CT molecular complexity index is 1350. The Kier molecular flexibility index (Phi) is 4.03. The van der Waals surface area contributed by atoms with Crippen molar-refractivity contribution in [2.24, 2.45) is 0 Å². The maximum Gasteiger partial charge on any atom is 0.256 e. The molecule has 1 aliphatic rings. The second-order valence-corrected chi connectivity index (χ2v) is 6.94. The maximum atomic E-state index is 8.89. The van der Waals surface area contributed by atoms with Crippen LogP contribution in [0.25, 0.3) is 27.7 Å². The van der Waals surface area contributed by atoms with Crippen LogP contribution in [0.4, 0.5) is 5.69 Å². The molecule has 0 unspecified atom stereocenters. The van der Waals surface area contributed by atoms with Gasteiger partial charge in [-0.1, -0.05) is 30.3 Å². The second-order valence-electron chi connectivity index (χ2n) is 6.94. The van der Waals surface area contributed by atoms with E-state index in [0.29, 0.717) is 16.7 Å². The maximum absolute atomic E-state index is 8.89. The summed E-state index contributed by atoms with van der Waals surface area (Å²) in [5.41, 5.74) is 1.53. The highest BCUT2D eigenvalue weighted by Gasteiger charge is 2.26. The summed E-state index contributed by atoms with van der Waals surface area (Å²) in [5, 5.41) is 6.71. The second kappa shape index (κ2) is 8.68. The van der Waals surface area contributed by atoms with Crippen molar-refractivity contribution in [3.63, 3.8) is 0 Å². The third kappa shape index (κ3) is 3.94. The Morgan fingerprint density at radius 3 is 3.10 bits per heavy atom. The van der Waals surface area contributed by atoms with Crippen molar-refractivity contribution in [1.82, 2.24) is 15.5 Å². The fourth-order valence-electron chi connectivity index (χ4n) is 3.25. The van der Waals surface area contributed by atoms with Gasteiger partial charge in [-0.15, -0.1) is 0 Å². The molecule has 6 heteroatoms. The average molecular weight is 409 g/mol. The van der Waals surface area contributed by atoms with Gasteiger partial charge in [-0.2, -0.15) is 4.98 Å². The van der Waals surface area contributed by atoms with Crippen LogP contribution in [0.5, 0.6) is 5.75 Å². The van der Waals surface area contributed by atoms with Gasteiger partial charge in [-0.25, -0.2) is 4.85 Å². The molecule has 154 valence electrons. The molecular weight excluding hydrogens is 376 g/mol. The van der Waals surface area contributed by atoms with E-state index in [1.54, 1.807) is 51.1 Å². The average Bonchev–Trinajstić information content (AvgIpc) is 3.34. The largest absolute Gasteiger partial charge is 0.502 e. The highest BCUT2D eigenvalue weighted by molar-refractivity contribution is 5.70. The minimum absolute atomic E-state index is 0.111. The van der Waals surface area contributed by atoms with Gasteiger partial charge < -0.3 is 14.6 Å². The van der Waals surface area contributed by atoms with Crippen LogP contribution in [0.2, 0.25) is 0 Å². The van der Waals surface area contributed by atoms with E-state index in [1.807, 2.05) is 0 Å². The first kappa shape index (κ1) is 13.9. The molecule has 0 fully saturated rings. The molecular formula is C24H26N4O2. The van der Waals surface area contributed by atoms with Gasteiger partial charge in [0.2, 0.25) is 11.5 Å². The van der Waals surface area contributed by atoms with Crippen LogP contribution in [0.15, 0.2) is 40.9 Å². The lowest BCUT2D eigenvalue weighted by atomic mass is 10.0. The molecule has 4 rings (SSSR count). The number of aromatic nitrogens is 2. The molecule has 6 nitrogen and oxygen atoms in total. The molecule has 0 radical (unpaired) electrons. The molecule has 2 aromatic carbocycles. The molecule has 1 N–H and O–H groups in total. The zero-order valence-electron chi connectivity index (χ0n) is 23.0. The number of hydrogen-bond acceptors (Lipinski definition) is 5. The van der Waals surface area contributed by atoms with Crippen LogP contribution in [0.1, 0.15) is 59.0 Å². The Labute approximate surface area is 185 Å². The van der Waals surface area contributed by atoms with E-state index >= 15 is 0 Å². The van der Waals surface area contributed by atoms with E-state index < -0.39 is 25.0 Å². The Morgan fingerprint density at radius 1 is 1.47 bits per heavy atom. The molecule has 1 aliphatic carbocycles. The van der Waals surface area contributed by atoms with Gasteiger partial charge in [0, 0.05) is 22.6 Å². The fraction of sp³-hybridized carbons (Fsp3) is 0.375.